The number of ether oxygens (including phenoxy) is 1. The summed E-state index contributed by atoms with van der Waals surface area (Å²) in [6, 6.07) is 15.8. The predicted molar refractivity (Wildman–Crippen MR) is 93.5 cm³/mol. The van der Waals surface area contributed by atoms with Crippen molar-refractivity contribution in [2.75, 3.05) is 11.9 Å². The molecular weight excluding hydrogens is 306 g/mol. The quantitative estimate of drug-likeness (QED) is 0.607. The van der Waals surface area contributed by atoms with Crippen LogP contribution in [0.5, 0.6) is 11.5 Å². The molecule has 0 heterocycles. The summed E-state index contributed by atoms with van der Waals surface area (Å²) in [4.78, 5) is 11.8. The zero-order valence-corrected chi connectivity index (χ0v) is 13.1. The summed E-state index contributed by atoms with van der Waals surface area (Å²) in [5, 5.41) is 24.2. The Hall–Kier alpha value is -3.21. The van der Waals surface area contributed by atoms with Crippen LogP contribution in [0.2, 0.25) is 0 Å². The number of phenols is 1. The summed E-state index contributed by atoms with van der Waals surface area (Å²) in [7, 11) is 0. The van der Waals surface area contributed by atoms with Gasteiger partial charge in [-0.3, -0.25) is 0 Å². The molecule has 0 aromatic heterocycles. The zero-order valence-electron chi connectivity index (χ0n) is 13.1. The second-order valence-electron chi connectivity index (χ2n) is 5.23. The van der Waals surface area contributed by atoms with Crippen LogP contribution in [0.15, 0.2) is 54.6 Å². The van der Waals surface area contributed by atoms with Crippen LogP contribution in [-0.2, 0) is 0 Å². The number of phenolic OH excluding ortho intramolecular Hbond substituents is 1. The fourth-order valence-electron chi connectivity index (χ4n) is 2.67. The van der Waals surface area contributed by atoms with Gasteiger partial charge in [-0.15, -0.1) is 0 Å². The van der Waals surface area contributed by atoms with Crippen LogP contribution in [0.1, 0.15) is 17.3 Å². The number of aromatic carboxylic acids is 1. The van der Waals surface area contributed by atoms with Crippen molar-refractivity contribution in [3.63, 3.8) is 0 Å². The fourth-order valence-corrected chi connectivity index (χ4v) is 2.67. The number of anilines is 2. The van der Waals surface area contributed by atoms with Gasteiger partial charge in [0.25, 0.3) is 0 Å². The number of rotatable bonds is 5. The van der Waals surface area contributed by atoms with Gasteiger partial charge in [0.15, 0.2) is 0 Å². The van der Waals surface area contributed by atoms with Crippen molar-refractivity contribution < 1.29 is 19.7 Å². The number of hydrogen-bond donors (Lipinski definition) is 3. The number of carbonyl (C=O) groups is 1. The number of fused-ring (bicyclic) bond motifs is 1. The molecule has 0 aliphatic carbocycles. The highest BCUT2D eigenvalue weighted by Gasteiger charge is 2.19. The van der Waals surface area contributed by atoms with Crippen LogP contribution < -0.4 is 10.1 Å². The van der Waals surface area contributed by atoms with Crippen molar-refractivity contribution in [3.8, 4) is 11.5 Å². The Kier molecular flexibility index (Phi) is 4.24. The maximum Gasteiger partial charge on any atom is 0.338 e. The van der Waals surface area contributed by atoms with E-state index in [0.29, 0.717) is 28.8 Å². The summed E-state index contributed by atoms with van der Waals surface area (Å²) >= 11 is 0. The Bertz CT molecular complexity index is 905. The third-order valence-electron chi connectivity index (χ3n) is 3.69. The van der Waals surface area contributed by atoms with E-state index in [1.54, 1.807) is 42.5 Å². The van der Waals surface area contributed by atoms with Crippen LogP contribution in [0.25, 0.3) is 10.8 Å². The van der Waals surface area contributed by atoms with Gasteiger partial charge in [0.2, 0.25) is 0 Å². The van der Waals surface area contributed by atoms with E-state index >= 15 is 0 Å². The zero-order chi connectivity index (χ0) is 17.1. The SMILES string of the molecule is CCOc1ccccc1Nc1c(O)cc2ccccc2c1C(=O)O. The Labute approximate surface area is 139 Å². The van der Waals surface area contributed by atoms with Gasteiger partial charge in [-0.05, 0) is 35.9 Å². The Morgan fingerprint density at radius 2 is 1.83 bits per heavy atom. The van der Waals surface area contributed by atoms with Crippen LogP contribution >= 0.6 is 0 Å². The molecule has 3 aromatic carbocycles. The molecule has 0 amide bonds. The minimum absolute atomic E-state index is 0.0249. The Morgan fingerprint density at radius 3 is 2.58 bits per heavy atom. The lowest BCUT2D eigenvalue weighted by Gasteiger charge is -2.16. The van der Waals surface area contributed by atoms with Gasteiger partial charge in [-0.2, -0.15) is 0 Å². The molecule has 0 saturated heterocycles. The Morgan fingerprint density at radius 1 is 1.12 bits per heavy atom. The maximum atomic E-state index is 11.8. The van der Waals surface area contributed by atoms with E-state index in [-0.39, 0.29) is 17.0 Å². The summed E-state index contributed by atoms with van der Waals surface area (Å²) in [6.45, 7) is 2.35. The van der Waals surface area contributed by atoms with Crippen molar-refractivity contribution in [3.05, 3.63) is 60.2 Å². The lowest BCUT2D eigenvalue weighted by Crippen LogP contribution is -2.05. The van der Waals surface area contributed by atoms with E-state index in [4.69, 9.17) is 4.74 Å². The van der Waals surface area contributed by atoms with E-state index < -0.39 is 5.97 Å². The number of para-hydroxylation sites is 2. The molecule has 24 heavy (non-hydrogen) atoms. The molecule has 0 fully saturated rings. The maximum absolute atomic E-state index is 11.8. The van der Waals surface area contributed by atoms with Crippen molar-refractivity contribution >= 4 is 28.1 Å². The van der Waals surface area contributed by atoms with Gasteiger partial charge in [0.05, 0.1) is 23.5 Å². The van der Waals surface area contributed by atoms with Crippen LogP contribution in [0.4, 0.5) is 11.4 Å². The third kappa shape index (κ3) is 2.84. The number of carboxylic acid groups (broad SMARTS) is 1. The first kappa shape index (κ1) is 15.7. The largest absolute Gasteiger partial charge is 0.506 e. The molecule has 5 nitrogen and oxygen atoms in total. The predicted octanol–water partition coefficient (Wildman–Crippen LogP) is 4.39. The highest BCUT2D eigenvalue weighted by atomic mass is 16.5. The minimum atomic E-state index is -1.11. The average molecular weight is 323 g/mol. The summed E-state index contributed by atoms with van der Waals surface area (Å²) in [5.41, 5.74) is 0.762. The van der Waals surface area contributed by atoms with Crippen LogP contribution in [0, 0.1) is 0 Å². The molecule has 3 rings (SSSR count). The molecule has 122 valence electrons. The van der Waals surface area contributed by atoms with E-state index in [1.807, 2.05) is 19.1 Å². The first-order chi connectivity index (χ1) is 11.6. The molecule has 3 N–H and O–H groups in total. The number of hydrogen-bond acceptors (Lipinski definition) is 4. The molecule has 0 saturated carbocycles. The van der Waals surface area contributed by atoms with Gasteiger partial charge in [0, 0.05) is 0 Å². The standard InChI is InChI=1S/C19H17NO4/c1-2-24-16-10-6-5-9-14(16)20-18-15(21)11-12-7-3-4-8-13(12)17(18)19(22)23/h3-11,20-21H,2H2,1H3,(H,22,23). The second-order valence-corrected chi connectivity index (χ2v) is 5.23. The highest BCUT2D eigenvalue weighted by molar-refractivity contribution is 6.11. The van der Waals surface area contributed by atoms with Gasteiger partial charge in [-0.25, -0.2) is 4.79 Å². The number of benzene rings is 3. The normalized spacial score (nSPS) is 10.5. The summed E-state index contributed by atoms with van der Waals surface area (Å²) in [5.74, 6) is -0.653. The van der Waals surface area contributed by atoms with Gasteiger partial charge in [0.1, 0.15) is 11.5 Å². The molecule has 0 bridgehead atoms. The van der Waals surface area contributed by atoms with Gasteiger partial charge >= 0.3 is 5.97 Å². The fraction of sp³-hybridized carbons (Fsp3) is 0.105. The second kappa shape index (κ2) is 6.50. The number of carboxylic acids is 1. The van der Waals surface area contributed by atoms with Crippen molar-refractivity contribution in [2.45, 2.75) is 6.92 Å². The van der Waals surface area contributed by atoms with E-state index in [9.17, 15) is 15.0 Å². The summed E-state index contributed by atoms with van der Waals surface area (Å²) < 4.78 is 5.55. The van der Waals surface area contributed by atoms with Crippen LogP contribution in [-0.4, -0.2) is 22.8 Å². The molecule has 3 aromatic rings. The van der Waals surface area contributed by atoms with Gasteiger partial charge in [-0.1, -0.05) is 36.4 Å². The smallest absolute Gasteiger partial charge is 0.338 e. The lowest BCUT2D eigenvalue weighted by atomic mass is 10.0. The van der Waals surface area contributed by atoms with Crippen molar-refractivity contribution in [2.24, 2.45) is 0 Å². The molecule has 0 spiro atoms. The minimum Gasteiger partial charge on any atom is -0.506 e. The van der Waals surface area contributed by atoms with Gasteiger partial charge < -0.3 is 20.3 Å². The van der Waals surface area contributed by atoms with E-state index in [2.05, 4.69) is 5.32 Å². The first-order valence-electron chi connectivity index (χ1n) is 7.58. The van der Waals surface area contributed by atoms with Crippen LogP contribution in [0.3, 0.4) is 0 Å². The monoisotopic (exact) mass is 323 g/mol. The number of aromatic hydroxyl groups is 1. The molecular formula is C19H17NO4. The van der Waals surface area contributed by atoms with E-state index in [0.717, 1.165) is 0 Å². The molecule has 5 heteroatoms. The lowest BCUT2D eigenvalue weighted by molar-refractivity contribution is 0.0699. The van der Waals surface area contributed by atoms with E-state index in [1.165, 1.54) is 0 Å². The summed E-state index contributed by atoms with van der Waals surface area (Å²) in [6.07, 6.45) is 0. The third-order valence-corrected chi connectivity index (χ3v) is 3.69. The topological polar surface area (TPSA) is 78.8 Å². The average Bonchev–Trinajstić information content (AvgIpc) is 2.57. The molecule has 0 aliphatic heterocycles. The molecule has 0 unspecified atom stereocenters. The molecule has 0 aliphatic rings. The van der Waals surface area contributed by atoms with Crippen molar-refractivity contribution in [1.29, 1.82) is 0 Å². The van der Waals surface area contributed by atoms with Crippen molar-refractivity contribution in [1.82, 2.24) is 0 Å². The Balaban J connectivity index is 2.18. The highest BCUT2D eigenvalue weighted by Crippen LogP contribution is 2.38. The first-order valence-corrected chi connectivity index (χ1v) is 7.58. The molecule has 0 atom stereocenters. The molecule has 0 radical (unpaired) electrons. The number of nitrogens with one attached hydrogen (secondary N) is 1.